The number of aryl methyl sites for hydroxylation is 1. The lowest BCUT2D eigenvalue weighted by Crippen LogP contribution is -2.29. The lowest BCUT2D eigenvalue weighted by atomic mass is 10.1. The SMILES string of the molecule is COc1ccccc1-n1c(C)cc(/C=C(/C#N)C(=O)Nc2nnc(N3CCCCC3)s2)c1C. The topological polar surface area (TPSA) is 96.1 Å². The maximum Gasteiger partial charge on any atom is 0.268 e. The van der Waals surface area contributed by atoms with E-state index in [0.717, 1.165) is 59.5 Å². The maximum absolute atomic E-state index is 12.8. The number of piperidine rings is 1. The molecule has 1 aliphatic heterocycles. The van der Waals surface area contributed by atoms with E-state index in [2.05, 4.69) is 20.4 Å². The molecule has 0 aliphatic carbocycles. The quantitative estimate of drug-likeness (QED) is 0.428. The van der Waals surface area contributed by atoms with Crippen molar-refractivity contribution in [3.63, 3.8) is 0 Å². The van der Waals surface area contributed by atoms with Gasteiger partial charge in [0, 0.05) is 24.5 Å². The Morgan fingerprint density at radius 1 is 1.21 bits per heavy atom. The van der Waals surface area contributed by atoms with E-state index in [0.29, 0.717) is 5.13 Å². The van der Waals surface area contributed by atoms with Crippen molar-refractivity contribution in [1.82, 2.24) is 14.8 Å². The van der Waals surface area contributed by atoms with Gasteiger partial charge in [-0.2, -0.15) is 5.26 Å². The largest absolute Gasteiger partial charge is 0.495 e. The molecule has 9 heteroatoms. The highest BCUT2D eigenvalue weighted by atomic mass is 32.1. The van der Waals surface area contributed by atoms with E-state index >= 15 is 0 Å². The Bertz CT molecular complexity index is 1230. The first-order valence-electron chi connectivity index (χ1n) is 10.9. The average Bonchev–Trinajstić information content (AvgIpc) is 3.41. The fourth-order valence-electron chi connectivity index (χ4n) is 4.07. The zero-order valence-electron chi connectivity index (χ0n) is 19.0. The molecule has 1 fully saturated rings. The molecule has 33 heavy (non-hydrogen) atoms. The van der Waals surface area contributed by atoms with Crippen LogP contribution in [-0.2, 0) is 4.79 Å². The number of nitrogens with one attached hydrogen (secondary N) is 1. The number of carbonyl (C=O) groups excluding carboxylic acids is 1. The van der Waals surface area contributed by atoms with Crippen LogP contribution in [0.4, 0.5) is 10.3 Å². The lowest BCUT2D eigenvalue weighted by Gasteiger charge is -2.25. The van der Waals surface area contributed by atoms with Crippen molar-refractivity contribution in [3.05, 3.63) is 52.9 Å². The molecule has 0 spiro atoms. The van der Waals surface area contributed by atoms with Gasteiger partial charge in [-0.15, -0.1) is 10.2 Å². The first kappa shape index (κ1) is 22.6. The van der Waals surface area contributed by atoms with Gasteiger partial charge >= 0.3 is 0 Å². The smallest absolute Gasteiger partial charge is 0.268 e. The molecule has 1 amide bonds. The molecular formula is C24H26N6O2S. The minimum absolute atomic E-state index is 0.00463. The van der Waals surface area contributed by atoms with Crippen LogP contribution in [0.2, 0.25) is 0 Å². The highest BCUT2D eigenvalue weighted by molar-refractivity contribution is 7.19. The van der Waals surface area contributed by atoms with E-state index in [1.165, 1.54) is 17.8 Å². The normalized spacial score (nSPS) is 14.1. The molecule has 8 nitrogen and oxygen atoms in total. The van der Waals surface area contributed by atoms with Crippen molar-refractivity contribution < 1.29 is 9.53 Å². The van der Waals surface area contributed by atoms with Gasteiger partial charge in [0.15, 0.2) is 0 Å². The number of hydrogen-bond acceptors (Lipinski definition) is 7. The number of nitrogens with zero attached hydrogens (tertiary/aromatic N) is 5. The number of aromatic nitrogens is 3. The molecule has 1 saturated heterocycles. The Morgan fingerprint density at radius 2 is 1.97 bits per heavy atom. The molecule has 1 N–H and O–H groups in total. The summed E-state index contributed by atoms with van der Waals surface area (Å²) in [6, 6.07) is 11.7. The third kappa shape index (κ3) is 4.76. The van der Waals surface area contributed by atoms with Crippen LogP contribution in [0.25, 0.3) is 11.8 Å². The molecule has 2 aromatic heterocycles. The predicted octanol–water partition coefficient (Wildman–Crippen LogP) is 4.49. The summed E-state index contributed by atoms with van der Waals surface area (Å²) in [6.45, 7) is 5.83. The Kier molecular flexibility index (Phi) is 6.75. The predicted molar refractivity (Wildman–Crippen MR) is 130 cm³/mol. The van der Waals surface area contributed by atoms with Crippen LogP contribution in [0.15, 0.2) is 35.9 Å². The summed E-state index contributed by atoms with van der Waals surface area (Å²) in [4.78, 5) is 15.0. The molecule has 0 radical (unpaired) electrons. The number of amides is 1. The van der Waals surface area contributed by atoms with E-state index < -0.39 is 5.91 Å². The highest BCUT2D eigenvalue weighted by Crippen LogP contribution is 2.30. The van der Waals surface area contributed by atoms with Crippen molar-refractivity contribution in [3.8, 4) is 17.5 Å². The fraction of sp³-hybridized carbons (Fsp3) is 0.333. The highest BCUT2D eigenvalue weighted by Gasteiger charge is 2.19. The van der Waals surface area contributed by atoms with Crippen LogP contribution in [0, 0.1) is 25.2 Å². The number of nitriles is 1. The minimum atomic E-state index is -0.499. The van der Waals surface area contributed by atoms with E-state index in [-0.39, 0.29) is 5.57 Å². The Balaban J connectivity index is 1.56. The summed E-state index contributed by atoms with van der Waals surface area (Å²) in [5.41, 5.74) is 3.56. The number of rotatable bonds is 6. The van der Waals surface area contributed by atoms with Crippen LogP contribution < -0.4 is 15.0 Å². The van der Waals surface area contributed by atoms with E-state index in [1.807, 2.05) is 54.8 Å². The summed E-state index contributed by atoms with van der Waals surface area (Å²) in [5, 5.41) is 21.9. The van der Waals surface area contributed by atoms with Gasteiger partial charge in [-0.25, -0.2) is 0 Å². The summed E-state index contributed by atoms with van der Waals surface area (Å²) in [7, 11) is 1.64. The number of carbonyl (C=O) groups is 1. The van der Waals surface area contributed by atoms with Gasteiger partial charge in [-0.3, -0.25) is 10.1 Å². The van der Waals surface area contributed by atoms with Crippen molar-refractivity contribution in [2.24, 2.45) is 0 Å². The molecule has 3 aromatic rings. The van der Waals surface area contributed by atoms with Crippen molar-refractivity contribution >= 4 is 33.6 Å². The second-order valence-electron chi connectivity index (χ2n) is 7.90. The molecule has 0 unspecified atom stereocenters. The Labute approximate surface area is 197 Å². The van der Waals surface area contributed by atoms with Crippen LogP contribution >= 0.6 is 11.3 Å². The molecule has 0 saturated carbocycles. The molecular weight excluding hydrogens is 436 g/mol. The third-order valence-corrected chi connectivity index (χ3v) is 6.62. The zero-order chi connectivity index (χ0) is 23.4. The molecule has 1 aromatic carbocycles. The summed E-state index contributed by atoms with van der Waals surface area (Å²) in [6.07, 6.45) is 5.11. The summed E-state index contributed by atoms with van der Waals surface area (Å²) >= 11 is 1.33. The van der Waals surface area contributed by atoms with Gasteiger partial charge in [0.1, 0.15) is 17.4 Å². The van der Waals surface area contributed by atoms with E-state index in [1.54, 1.807) is 13.2 Å². The number of methoxy groups -OCH3 is 1. The number of para-hydroxylation sites is 2. The van der Waals surface area contributed by atoms with Gasteiger partial charge < -0.3 is 14.2 Å². The van der Waals surface area contributed by atoms with E-state index in [4.69, 9.17) is 4.74 Å². The number of benzene rings is 1. The summed E-state index contributed by atoms with van der Waals surface area (Å²) in [5.74, 6) is 0.245. The first-order valence-corrected chi connectivity index (χ1v) is 11.7. The van der Waals surface area contributed by atoms with Gasteiger partial charge in [0.05, 0.1) is 12.8 Å². The molecule has 0 bridgehead atoms. The minimum Gasteiger partial charge on any atom is -0.495 e. The number of ether oxygens (including phenoxy) is 1. The van der Waals surface area contributed by atoms with Gasteiger partial charge in [-0.1, -0.05) is 23.5 Å². The third-order valence-electron chi connectivity index (χ3n) is 5.72. The second kappa shape index (κ2) is 9.88. The first-order chi connectivity index (χ1) is 16.0. The van der Waals surface area contributed by atoms with Crippen molar-refractivity contribution in [2.45, 2.75) is 33.1 Å². The van der Waals surface area contributed by atoms with Crippen molar-refractivity contribution in [1.29, 1.82) is 5.26 Å². The zero-order valence-corrected chi connectivity index (χ0v) is 19.8. The number of anilines is 2. The van der Waals surface area contributed by atoms with Crippen molar-refractivity contribution in [2.75, 3.05) is 30.4 Å². The molecule has 170 valence electrons. The molecule has 1 aliphatic rings. The second-order valence-corrected chi connectivity index (χ2v) is 8.85. The van der Waals surface area contributed by atoms with Gasteiger partial charge in [0.25, 0.3) is 5.91 Å². The summed E-state index contributed by atoms with van der Waals surface area (Å²) < 4.78 is 7.55. The Morgan fingerprint density at radius 3 is 2.70 bits per heavy atom. The van der Waals surface area contributed by atoms with Crippen LogP contribution in [0.5, 0.6) is 5.75 Å². The number of hydrogen-bond donors (Lipinski definition) is 1. The van der Waals surface area contributed by atoms with Gasteiger partial charge in [0.2, 0.25) is 10.3 Å². The monoisotopic (exact) mass is 462 g/mol. The molecule has 3 heterocycles. The fourth-order valence-corrected chi connectivity index (χ4v) is 4.86. The molecule has 0 atom stereocenters. The lowest BCUT2D eigenvalue weighted by molar-refractivity contribution is -0.112. The standard InChI is InChI=1S/C24H26N6O2S/c1-16-13-18(17(2)30(16)20-9-5-6-10-21(20)32-3)14-19(15-25)22(31)26-23-27-28-24(33-23)29-11-7-4-8-12-29/h5-6,9-10,13-14H,4,7-8,11-12H2,1-3H3,(H,26,27,31)/b19-14-. The molecule has 4 rings (SSSR count). The Hall–Kier alpha value is -3.64. The van der Waals surface area contributed by atoms with Gasteiger partial charge in [-0.05, 0) is 62.9 Å². The van der Waals surface area contributed by atoms with Crippen LogP contribution in [-0.4, -0.2) is 40.9 Å². The van der Waals surface area contributed by atoms with Crippen LogP contribution in [0.1, 0.15) is 36.2 Å². The maximum atomic E-state index is 12.8. The average molecular weight is 463 g/mol. The van der Waals surface area contributed by atoms with E-state index in [9.17, 15) is 10.1 Å². The van der Waals surface area contributed by atoms with Crippen LogP contribution in [0.3, 0.4) is 0 Å².